The summed E-state index contributed by atoms with van der Waals surface area (Å²) in [7, 11) is 1.70. The zero-order chi connectivity index (χ0) is 23.5. The Labute approximate surface area is 197 Å². The zero-order valence-corrected chi connectivity index (χ0v) is 19.2. The lowest BCUT2D eigenvalue weighted by molar-refractivity contribution is 0.0526. The van der Waals surface area contributed by atoms with Gasteiger partial charge in [0.2, 0.25) is 0 Å². The topological polar surface area (TPSA) is 96.5 Å². The molecule has 9 heteroatoms. The molecular weight excluding hydrogens is 432 g/mol. The first-order chi connectivity index (χ1) is 16.7. The van der Waals surface area contributed by atoms with Crippen LogP contribution in [-0.2, 0) is 9.47 Å². The van der Waals surface area contributed by atoms with Crippen LogP contribution in [0.15, 0.2) is 55.1 Å². The third-order valence-electron chi connectivity index (χ3n) is 5.88. The van der Waals surface area contributed by atoms with Gasteiger partial charge in [-0.25, -0.2) is 14.8 Å². The number of pyridine rings is 1. The van der Waals surface area contributed by atoms with Gasteiger partial charge in [0.1, 0.15) is 5.69 Å². The largest absolute Gasteiger partial charge is 0.462 e. The van der Waals surface area contributed by atoms with Crippen molar-refractivity contribution >= 4 is 34.1 Å². The van der Waals surface area contributed by atoms with Crippen LogP contribution in [0.2, 0.25) is 0 Å². The molecule has 0 spiro atoms. The second-order valence-corrected chi connectivity index (χ2v) is 7.93. The molecule has 0 bridgehead atoms. The van der Waals surface area contributed by atoms with Gasteiger partial charge in [0.25, 0.3) is 0 Å². The van der Waals surface area contributed by atoms with Gasteiger partial charge in [0, 0.05) is 55.6 Å². The first-order valence-corrected chi connectivity index (χ1v) is 11.3. The van der Waals surface area contributed by atoms with E-state index in [-0.39, 0.29) is 5.97 Å². The molecule has 3 aromatic heterocycles. The van der Waals surface area contributed by atoms with Gasteiger partial charge in [0.05, 0.1) is 36.9 Å². The molecule has 34 heavy (non-hydrogen) atoms. The van der Waals surface area contributed by atoms with Crippen LogP contribution < -0.4 is 9.80 Å². The molecular formula is C25H26N6O3. The number of carbonyl (C=O) groups excluding carboxylic acids is 1. The lowest BCUT2D eigenvalue weighted by Crippen LogP contribution is -2.41. The molecule has 4 heterocycles. The van der Waals surface area contributed by atoms with Crippen molar-refractivity contribution < 1.29 is 14.3 Å². The molecule has 0 aliphatic carbocycles. The number of hydrogen-bond acceptors (Lipinski definition) is 8. The fourth-order valence-corrected chi connectivity index (χ4v) is 4.24. The zero-order valence-electron chi connectivity index (χ0n) is 19.2. The number of esters is 1. The summed E-state index contributed by atoms with van der Waals surface area (Å²) in [5, 5.41) is 1.07. The van der Waals surface area contributed by atoms with Crippen molar-refractivity contribution in [2.24, 2.45) is 0 Å². The molecule has 9 nitrogen and oxygen atoms in total. The van der Waals surface area contributed by atoms with E-state index in [4.69, 9.17) is 19.4 Å². The van der Waals surface area contributed by atoms with Crippen LogP contribution in [0, 0.1) is 0 Å². The summed E-state index contributed by atoms with van der Waals surface area (Å²) in [4.78, 5) is 33.8. The van der Waals surface area contributed by atoms with E-state index in [2.05, 4.69) is 19.8 Å². The molecule has 0 saturated heterocycles. The van der Waals surface area contributed by atoms with Crippen molar-refractivity contribution in [1.29, 1.82) is 0 Å². The second-order valence-electron chi connectivity index (χ2n) is 7.93. The van der Waals surface area contributed by atoms with Gasteiger partial charge in [-0.05, 0) is 25.1 Å². The van der Waals surface area contributed by atoms with Crippen LogP contribution in [0.3, 0.4) is 0 Å². The number of anilines is 3. The molecule has 0 saturated carbocycles. The predicted molar refractivity (Wildman–Crippen MR) is 131 cm³/mol. The summed E-state index contributed by atoms with van der Waals surface area (Å²) in [5.74, 6) is 1.09. The van der Waals surface area contributed by atoms with Gasteiger partial charge in [-0.15, -0.1) is 0 Å². The van der Waals surface area contributed by atoms with Crippen LogP contribution in [0.5, 0.6) is 0 Å². The van der Waals surface area contributed by atoms with Gasteiger partial charge < -0.3 is 24.3 Å². The maximum atomic E-state index is 12.3. The third kappa shape index (κ3) is 4.06. The first-order valence-electron chi connectivity index (χ1n) is 11.3. The van der Waals surface area contributed by atoms with E-state index in [0.29, 0.717) is 37.7 Å². The minimum absolute atomic E-state index is 0.314. The van der Waals surface area contributed by atoms with Gasteiger partial charge in [-0.2, -0.15) is 0 Å². The number of rotatable bonds is 7. The molecule has 1 aliphatic rings. The summed E-state index contributed by atoms with van der Waals surface area (Å²) < 4.78 is 10.5. The van der Waals surface area contributed by atoms with Crippen molar-refractivity contribution in [2.45, 2.75) is 6.92 Å². The molecule has 0 unspecified atom stereocenters. The highest BCUT2D eigenvalue weighted by molar-refractivity contribution is 5.94. The van der Waals surface area contributed by atoms with E-state index < -0.39 is 0 Å². The summed E-state index contributed by atoms with van der Waals surface area (Å²) in [5.41, 5.74) is 4.08. The average Bonchev–Trinajstić information content (AvgIpc) is 3.36. The molecule has 0 radical (unpaired) electrons. The fraction of sp³-hybridized carbons (Fsp3) is 0.280. The minimum Gasteiger partial charge on any atom is -0.462 e. The minimum atomic E-state index is -0.387. The summed E-state index contributed by atoms with van der Waals surface area (Å²) in [6.45, 7) is 4.84. The Morgan fingerprint density at radius 1 is 1.18 bits per heavy atom. The standard InChI is InChI=1S/C25H26N6O3/c1-3-34-25(32)17-13-18(15-26-14-17)31-10-9-30(11-12-33-2)24-22(31)16-28-23(29-24)20-5-4-6-21-19(20)7-8-27-21/h4-8,13-16,27H,3,9-12H2,1-2H3. The quantitative estimate of drug-likeness (QED) is 0.418. The predicted octanol–water partition coefficient (Wildman–Crippen LogP) is 3.80. The molecule has 0 atom stereocenters. The van der Waals surface area contributed by atoms with E-state index in [0.717, 1.165) is 40.2 Å². The molecule has 1 aromatic carbocycles. The number of carbonyl (C=O) groups is 1. The van der Waals surface area contributed by atoms with Gasteiger partial charge >= 0.3 is 5.97 Å². The van der Waals surface area contributed by atoms with Crippen LogP contribution in [0.25, 0.3) is 22.3 Å². The van der Waals surface area contributed by atoms with Crippen molar-refractivity contribution in [2.75, 3.05) is 49.8 Å². The Kier molecular flexibility index (Phi) is 6.09. The maximum absolute atomic E-state index is 12.3. The molecule has 1 aliphatic heterocycles. The number of hydrogen-bond donors (Lipinski definition) is 1. The number of nitrogens with zero attached hydrogens (tertiary/aromatic N) is 5. The van der Waals surface area contributed by atoms with Crippen LogP contribution in [0.4, 0.5) is 17.2 Å². The van der Waals surface area contributed by atoms with Gasteiger partial charge in [0.15, 0.2) is 11.6 Å². The molecule has 1 N–H and O–H groups in total. The Morgan fingerprint density at radius 2 is 2.09 bits per heavy atom. The lowest BCUT2D eigenvalue weighted by atomic mass is 10.1. The number of ether oxygens (including phenoxy) is 2. The average molecular weight is 459 g/mol. The molecule has 5 rings (SSSR count). The van der Waals surface area contributed by atoms with Crippen molar-refractivity contribution in [3.63, 3.8) is 0 Å². The Balaban J connectivity index is 1.57. The first kappa shape index (κ1) is 21.8. The number of H-pyrrole nitrogens is 1. The van der Waals surface area contributed by atoms with Crippen LogP contribution in [-0.4, -0.2) is 65.9 Å². The number of benzene rings is 1. The van der Waals surface area contributed by atoms with Gasteiger partial charge in [-0.3, -0.25) is 4.98 Å². The molecule has 4 aromatic rings. The summed E-state index contributed by atoms with van der Waals surface area (Å²) >= 11 is 0. The molecule has 0 amide bonds. The highest BCUT2D eigenvalue weighted by Crippen LogP contribution is 2.37. The van der Waals surface area contributed by atoms with Crippen molar-refractivity contribution in [3.05, 3.63) is 60.7 Å². The Morgan fingerprint density at radius 3 is 2.94 bits per heavy atom. The second kappa shape index (κ2) is 9.48. The highest BCUT2D eigenvalue weighted by atomic mass is 16.5. The van der Waals surface area contributed by atoms with E-state index in [1.807, 2.05) is 36.7 Å². The highest BCUT2D eigenvalue weighted by Gasteiger charge is 2.27. The number of methoxy groups -OCH3 is 1. The van der Waals surface area contributed by atoms with Crippen LogP contribution in [0.1, 0.15) is 17.3 Å². The molecule has 174 valence electrons. The van der Waals surface area contributed by atoms with E-state index in [1.165, 1.54) is 6.20 Å². The number of fused-ring (bicyclic) bond motifs is 2. The smallest absolute Gasteiger partial charge is 0.339 e. The number of nitrogens with one attached hydrogen (secondary N) is 1. The monoisotopic (exact) mass is 458 g/mol. The number of aromatic nitrogens is 4. The van der Waals surface area contributed by atoms with Crippen LogP contribution >= 0.6 is 0 Å². The third-order valence-corrected chi connectivity index (χ3v) is 5.88. The SMILES string of the molecule is CCOC(=O)c1cncc(N2CCN(CCOC)c3nc(-c4cccc5[nH]ccc45)ncc32)c1. The normalized spacial score (nSPS) is 13.2. The Hall–Kier alpha value is -3.98. The summed E-state index contributed by atoms with van der Waals surface area (Å²) in [6.07, 6.45) is 7.03. The van der Waals surface area contributed by atoms with E-state index in [1.54, 1.807) is 26.3 Å². The van der Waals surface area contributed by atoms with E-state index >= 15 is 0 Å². The maximum Gasteiger partial charge on any atom is 0.339 e. The van der Waals surface area contributed by atoms with Gasteiger partial charge in [-0.1, -0.05) is 12.1 Å². The van der Waals surface area contributed by atoms with Crippen molar-refractivity contribution in [3.8, 4) is 11.4 Å². The fourth-order valence-electron chi connectivity index (χ4n) is 4.24. The number of aromatic amines is 1. The summed E-state index contributed by atoms with van der Waals surface area (Å²) in [6, 6.07) is 9.90. The van der Waals surface area contributed by atoms with E-state index in [9.17, 15) is 4.79 Å². The van der Waals surface area contributed by atoms with Crippen molar-refractivity contribution in [1.82, 2.24) is 19.9 Å². The molecule has 0 fully saturated rings. The Bertz CT molecular complexity index is 1320. The lowest BCUT2D eigenvalue weighted by Gasteiger charge is -2.37.